The Balaban J connectivity index is 1.69. The van der Waals surface area contributed by atoms with Crippen LogP contribution in [-0.2, 0) is 15.0 Å². The molecule has 0 unspecified atom stereocenters. The monoisotopic (exact) mass is 342 g/mol. The molecule has 1 N–H and O–H groups in total. The van der Waals surface area contributed by atoms with Gasteiger partial charge in [-0.05, 0) is 11.6 Å². The van der Waals surface area contributed by atoms with Crippen molar-refractivity contribution in [3.63, 3.8) is 0 Å². The average Bonchev–Trinajstić information content (AvgIpc) is 2.77. The first kappa shape index (κ1) is 17.7. The number of ketones is 1. The lowest BCUT2D eigenvalue weighted by Gasteiger charge is -2.29. The number of anilines is 1. The number of benzene rings is 1. The van der Waals surface area contributed by atoms with Gasteiger partial charge in [-0.15, -0.1) is 0 Å². The molecule has 0 spiro atoms. The molecular weight excluding hydrogens is 316 g/mol. The maximum atomic E-state index is 12.6. The van der Waals surface area contributed by atoms with Crippen molar-refractivity contribution in [3.05, 3.63) is 41.6 Å². The zero-order valence-electron chi connectivity index (χ0n) is 15.2. The molecule has 0 atom stereocenters. The number of allylic oxidation sites excluding steroid dienone is 1. The lowest BCUT2D eigenvalue weighted by Crippen LogP contribution is -3.14. The maximum Gasteiger partial charge on any atom is 0.211 e. The lowest BCUT2D eigenvalue weighted by molar-refractivity contribution is -0.897. The van der Waals surface area contributed by atoms with E-state index in [0.717, 1.165) is 16.3 Å². The molecule has 2 aliphatic heterocycles. The molecular formula is C20H26N2O3. The number of carbonyl (C=O) groups excluding carboxylic acids is 2. The molecule has 3 rings (SSSR count). The lowest BCUT2D eigenvalue weighted by atomic mass is 9.83. The summed E-state index contributed by atoms with van der Waals surface area (Å²) in [6.07, 6.45) is 2.97. The van der Waals surface area contributed by atoms with Gasteiger partial charge < -0.3 is 19.7 Å². The highest BCUT2D eigenvalue weighted by atomic mass is 16.4. The summed E-state index contributed by atoms with van der Waals surface area (Å²) < 4.78 is 0. The van der Waals surface area contributed by atoms with Crippen LogP contribution in [0.5, 0.6) is 0 Å². The minimum Gasteiger partial charge on any atom is -0.550 e. The Morgan fingerprint density at radius 2 is 1.92 bits per heavy atom. The quantitative estimate of drug-likeness (QED) is 0.777. The van der Waals surface area contributed by atoms with Crippen LogP contribution in [0.4, 0.5) is 5.69 Å². The second kappa shape index (κ2) is 6.64. The zero-order valence-corrected chi connectivity index (χ0v) is 15.2. The second-order valence-corrected chi connectivity index (χ2v) is 7.72. The normalized spacial score (nSPS) is 26.5. The average molecular weight is 342 g/mol. The molecule has 5 nitrogen and oxygen atoms in total. The second-order valence-electron chi connectivity index (χ2n) is 7.72. The summed E-state index contributed by atoms with van der Waals surface area (Å²) >= 11 is 0. The van der Waals surface area contributed by atoms with Crippen LogP contribution in [0.15, 0.2) is 36.0 Å². The van der Waals surface area contributed by atoms with E-state index in [2.05, 4.69) is 30.9 Å². The molecule has 0 aliphatic carbocycles. The Morgan fingerprint density at radius 1 is 1.28 bits per heavy atom. The number of carbonyl (C=O) groups is 2. The van der Waals surface area contributed by atoms with E-state index in [9.17, 15) is 14.7 Å². The van der Waals surface area contributed by atoms with Crippen LogP contribution in [0.1, 0.15) is 32.3 Å². The number of likely N-dealkylation sites (N-methyl/N-ethyl adjacent to an activating group) is 1. The fourth-order valence-corrected chi connectivity index (χ4v) is 4.15. The van der Waals surface area contributed by atoms with Gasteiger partial charge in [-0.1, -0.05) is 32.0 Å². The molecule has 0 aromatic heterocycles. The first-order valence-electron chi connectivity index (χ1n) is 8.93. The van der Waals surface area contributed by atoms with Gasteiger partial charge in [0.15, 0.2) is 0 Å². The third-order valence-corrected chi connectivity index (χ3v) is 5.69. The first-order chi connectivity index (χ1) is 11.8. The predicted molar refractivity (Wildman–Crippen MR) is 94.3 cm³/mol. The Bertz CT molecular complexity index is 715. The van der Waals surface area contributed by atoms with Crippen LogP contribution in [0.25, 0.3) is 0 Å². The number of nitrogens with one attached hydrogen (secondary N) is 1. The summed E-state index contributed by atoms with van der Waals surface area (Å²) in [4.78, 5) is 26.8. The van der Waals surface area contributed by atoms with Crippen molar-refractivity contribution in [2.24, 2.45) is 5.92 Å². The standard InChI is InChI=1S/C20H26N2O3/c1-20(2)16-6-4-5-7-17(16)21(3)18(20)12-15(23)13-22-10-8-14(9-11-22)19(24)25/h4-7,12,14H,8-11,13H2,1-3H3,(H,24,25)/b18-12-. The number of quaternary nitrogens is 1. The summed E-state index contributed by atoms with van der Waals surface area (Å²) in [5, 5.41) is 10.9. The number of rotatable bonds is 4. The smallest absolute Gasteiger partial charge is 0.211 e. The van der Waals surface area contributed by atoms with Crippen LogP contribution in [-0.4, -0.2) is 38.4 Å². The number of carboxylic acids is 1. The Labute approximate surface area is 148 Å². The highest BCUT2D eigenvalue weighted by Gasteiger charge is 2.38. The van der Waals surface area contributed by atoms with Crippen LogP contribution in [0.3, 0.4) is 0 Å². The number of piperidine rings is 1. The van der Waals surface area contributed by atoms with Gasteiger partial charge in [-0.25, -0.2) is 0 Å². The van der Waals surface area contributed by atoms with E-state index in [1.165, 1.54) is 5.56 Å². The largest absolute Gasteiger partial charge is 0.550 e. The summed E-state index contributed by atoms with van der Waals surface area (Å²) in [5.41, 5.74) is 3.20. The molecule has 0 bridgehead atoms. The van der Waals surface area contributed by atoms with E-state index in [1.807, 2.05) is 19.2 Å². The number of likely N-dealkylation sites (tertiary alicyclic amines) is 1. The van der Waals surface area contributed by atoms with Gasteiger partial charge in [-0.2, -0.15) is 0 Å². The maximum absolute atomic E-state index is 12.6. The first-order valence-corrected chi connectivity index (χ1v) is 8.93. The highest BCUT2D eigenvalue weighted by Crippen LogP contribution is 2.46. The number of fused-ring (bicyclic) bond motifs is 1. The third kappa shape index (κ3) is 3.33. The van der Waals surface area contributed by atoms with E-state index in [-0.39, 0.29) is 17.1 Å². The highest BCUT2D eigenvalue weighted by molar-refractivity contribution is 5.93. The van der Waals surface area contributed by atoms with Crippen LogP contribution >= 0.6 is 0 Å². The number of nitrogens with zero attached hydrogens (tertiary/aromatic N) is 1. The molecule has 0 amide bonds. The van der Waals surface area contributed by atoms with Crippen LogP contribution < -0.4 is 14.9 Å². The number of hydrogen-bond acceptors (Lipinski definition) is 4. The number of para-hydroxylation sites is 1. The van der Waals surface area contributed by atoms with E-state index in [4.69, 9.17) is 0 Å². The van der Waals surface area contributed by atoms with E-state index < -0.39 is 5.97 Å². The van der Waals surface area contributed by atoms with Crippen molar-refractivity contribution in [1.29, 1.82) is 0 Å². The Morgan fingerprint density at radius 3 is 2.52 bits per heavy atom. The van der Waals surface area contributed by atoms with E-state index >= 15 is 0 Å². The van der Waals surface area contributed by atoms with Gasteiger partial charge in [0.25, 0.3) is 0 Å². The number of hydrogen-bond donors (Lipinski definition) is 1. The molecule has 2 heterocycles. The van der Waals surface area contributed by atoms with Gasteiger partial charge in [0.2, 0.25) is 5.78 Å². The summed E-state index contributed by atoms with van der Waals surface area (Å²) in [7, 11) is 2.00. The van der Waals surface area contributed by atoms with Crippen molar-refractivity contribution in [2.75, 3.05) is 31.6 Å². The van der Waals surface area contributed by atoms with E-state index in [1.54, 1.807) is 6.08 Å². The Hall–Kier alpha value is -2.14. The van der Waals surface area contributed by atoms with Crippen molar-refractivity contribution in [2.45, 2.75) is 32.1 Å². The molecule has 0 radical (unpaired) electrons. The van der Waals surface area contributed by atoms with Gasteiger partial charge in [0, 0.05) is 54.7 Å². The molecule has 1 saturated heterocycles. The molecule has 1 aromatic rings. The van der Waals surface area contributed by atoms with Crippen molar-refractivity contribution in [1.82, 2.24) is 0 Å². The third-order valence-electron chi connectivity index (χ3n) is 5.69. The molecule has 25 heavy (non-hydrogen) atoms. The number of aliphatic carboxylic acids is 1. The minimum atomic E-state index is -0.959. The topological polar surface area (TPSA) is 64.9 Å². The fourth-order valence-electron chi connectivity index (χ4n) is 4.15. The van der Waals surface area contributed by atoms with Crippen molar-refractivity contribution >= 4 is 17.4 Å². The predicted octanol–water partition coefficient (Wildman–Crippen LogP) is -0.0882. The van der Waals surface area contributed by atoms with Gasteiger partial charge in [0.05, 0.1) is 13.1 Å². The fraction of sp³-hybridized carbons (Fsp3) is 0.500. The molecule has 134 valence electrons. The summed E-state index contributed by atoms with van der Waals surface area (Å²) in [5.74, 6) is -1.21. The minimum absolute atomic E-state index is 0.102. The van der Waals surface area contributed by atoms with E-state index in [0.29, 0.717) is 32.5 Å². The van der Waals surface area contributed by atoms with Crippen LogP contribution in [0, 0.1) is 5.92 Å². The summed E-state index contributed by atoms with van der Waals surface area (Å²) in [6, 6.07) is 8.25. The molecule has 1 fully saturated rings. The number of carboxylic acid groups (broad SMARTS) is 1. The zero-order chi connectivity index (χ0) is 18.2. The molecule has 0 saturated carbocycles. The van der Waals surface area contributed by atoms with Crippen molar-refractivity contribution in [3.8, 4) is 0 Å². The van der Waals surface area contributed by atoms with Crippen LogP contribution in [0.2, 0.25) is 0 Å². The molecule has 5 heteroatoms. The van der Waals surface area contributed by atoms with Crippen molar-refractivity contribution < 1.29 is 19.6 Å². The van der Waals surface area contributed by atoms with Gasteiger partial charge >= 0.3 is 0 Å². The molecule has 2 aliphatic rings. The molecule has 1 aromatic carbocycles. The SMILES string of the molecule is CN1/C(=C\C(=O)C[NH+]2CCC(C(=O)[O-])CC2)C(C)(C)c2ccccc21. The van der Waals surface area contributed by atoms with Gasteiger partial charge in [0.1, 0.15) is 6.54 Å². The Kier molecular flexibility index (Phi) is 4.69. The van der Waals surface area contributed by atoms with Gasteiger partial charge in [-0.3, -0.25) is 4.79 Å². The summed E-state index contributed by atoms with van der Waals surface area (Å²) in [6.45, 7) is 6.14.